The molecule has 0 atom stereocenters. The van der Waals surface area contributed by atoms with E-state index in [2.05, 4.69) is 20.6 Å². The van der Waals surface area contributed by atoms with Gasteiger partial charge in [0.1, 0.15) is 6.33 Å². The molecule has 1 aromatic heterocycles. The van der Waals surface area contributed by atoms with Crippen LogP contribution >= 0.6 is 0 Å². The smallest absolute Gasteiger partial charge is 0.334 e. The lowest BCUT2D eigenvalue weighted by Crippen LogP contribution is -2.06. The average molecular weight is 335 g/mol. The van der Waals surface area contributed by atoms with Gasteiger partial charge in [-0.15, -0.1) is 0 Å². The molecule has 25 heavy (non-hydrogen) atoms. The van der Waals surface area contributed by atoms with E-state index in [1.165, 1.54) is 6.33 Å². The quantitative estimate of drug-likeness (QED) is 0.527. The van der Waals surface area contributed by atoms with Crippen LogP contribution in [-0.4, -0.2) is 14.9 Å². The number of nitrogens with zero attached hydrogens (tertiary/aromatic N) is 3. The Balaban J connectivity index is 2.00. The van der Waals surface area contributed by atoms with Crippen molar-refractivity contribution < 1.29 is 4.92 Å². The highest BCUT2D eigenvalue weighted by atomic mass is 16.6. The summed E-state index contributed by atoms with van der Waals surface area (Å²) in [6, 6.07) is 15.1. The van der Waals surface area contributed by atoms with E-state index in [-0.39, 0.29) is 17.3 Å². The molecule has 126 valence electrons. The molecule has 0 saturated heterocycles. The Morgan fingerprint density at radius 2 is 1.68 bits per heavy atom. The fourth-order valence-electron chi connectivity index (χ4n) is 2.43. The minimum Gasteiger partial charge on any atom is -0.334 e. The van der Waals surface area contributed by atoms with Gasteiger partial charge in [-0.3, -0.25) is 10.1 Å². The number of aromatic nitrogens is 2. The molecule has 2 N–H and O–H groups in total. The Morgan fingerprint density at radius 1 is 0.960 bits per heavy atom. The van der Waals surface area contributed by atoms with E-state index < -0.39 is 4.92 Å². The van der Waals surface area contributed by atoms with Crippen molar-refractivity contribution in [2.75, 3.05) is 10.6 Å². The van der Waals surface area contributed by atoms with Crippen LogP contribution in [0.2, 0.25) is 0 Å². The second-order valence-corrected chi connectivity index (χ2v) is 5.61. The molecule has 0 spiro atoms. The van der Waals surface area contributed by atoms with Crippen molar-refractivity contribution in [2.45, 2.75) is 13.8 Å². The summed E-state index contributed by atoms with van der Waals surface area (Å²) in [5.74, 6) is 0.283. The third kappa shape index (κ3) is 3.72. The highest BCUT2D eigenvalue weighted by Gasteiger charge is 2.23. The number of benzene rings is 2. The van der Waals surface area contributed by atoms with E-state index in [1.807, 2.05) is 62.4 Å². The first-order chi connectivity index (χ1) is 12.0. The molecule has 3 aromatic rings. The predicted molar refractivity (Wildman–Crippen MR) is 97.6 cm³/mol. The van der Waals surface area contributed by atoms with Crippen molar-refractivity contribution >= 4 is 28.7 Å². The molecule has 1 heterocycles. The summed E-state index contributed by atoms with van der Waals surface area (Å²) in [4.78, 5) is 19.2. The van der Waals surface area contributed by atoms with Crippen LogP contribution in [0, 0.1) is 24.0 Å². The summed E-state index contributed by atoms with van der Waals surface area (Å²) in [6.45, 7) is 3.87. The van der Waals surface area contributed by atoms with Gasteiger partial charge >= 0.3 is 5.69 Å². The maximum absolute atomic E-state index is 11.6. The van der Waals surface area contributed by atoms with Gasteiger partial charge in [-0.1, -0.05) is 30.3 Å². The largest absolute Gasteiger partial charge is 0.353 e. The first kappa shape index (κ1) is 16.4. The van der Waals surface area contributed by atoms with E-state index >= 15 is 0 Å². The SMILES string of the molecule is Cc1cccc(Nc2ncnc(Nc3ccccc3C)c2[N+](=O)[O-])c1. The molecular formula is C18H17N5O2. The number of aryl methyl sites for hydroxylation is 2. The number of nitro groups is 1. The summed E-state index contributed by atoms with van der Waals surface area (Å²) in [5, 5.41) is 17.7. The second-order valence-electron chi connectivity index (χ2n) is 5.61. The fraction of sp³-hybridized carbons (Fsp3) is 0.111. The summed E-state index contributed by atoms with van der Waals surface area (Å²) in [7, 11) is 0. The average Bonchev–Trinajstić information content (AvgIpc) is 2.57. The van der Waals surface area contributed by atoms with E-state index in [0.717, 1.165) is 22.5 Å². The molecule has 3 rings (SSSR count). The Kier molecular flexibility index (Phi) is 4.56. The van der Waals surface area contributed by atoms with Crippen LogP contribution in [0.1, 0.15) is 11.1 Å². The zero-order valence-electron chi connectivity index (χ0n) is 13.9. The highest BCUT2D eigenvalue weighted by Crippen LogP contribution is 2.33. The van der Waals surface area contributed by atoms with Crippen LogP contribution in [0.15, 0.2) is 54.9 Å². The van der Waals surface area contributed by atoms with Crippen molar-refractivity contribution in [2.24, 2.45) is 0 Å². The molecule has 7 nitrogen and oxygen atoms in total. The highest BCUT2D eigenvalue weighted by molar-refractivity contribution is 5.77. The fourth-order valence-corrected chi connectivity index (χ4v) is 2.43. The van der Waals surface area contributed by atoms with Gasteiger partial charge < -0.3 is 10.6 Å². The van der Waals surface area contributed by atoms with Crippen LogP contribution in [0.25, 0.3) is 0 Å². The van der Waals surface area contributed by atoms with Gasteiger partial charge in [-0.2, -0.15) is 0 Å². The Morgan fingerprint density at radius 3 is 2.36 bits per heavy atom. The summed E-state index contributed by atoms with van der Waals surface area (Å²) in [6.07, 6.45) is 1.30. The van der Waals surface area contributed by atoms with Gasteiger partial charge in [0.05, 0.1) is 4.92 Å². The number of hydrogen-bond acceptors (Lipinski definition) is 6. The van der Waals surface area contributed by atoms with Gasteiger partial charge in [0.2, 0.25) is 11.6 Å². The minimum atomic E-state index is -0.487. The molecular weight excluding hydrogens is 318 g/mol. The zero-order chi connectivity index (χ0) is 17.8. The third-order valence-corrected chi connectivity index (χ3v) is 3.68. The van der Waals surface area contributed by atoms with Crippen molar-refractivity contribution in [1.82, 2.24) is 9.97 Å². The van der Waals surface area contributed by atoms with Crippen molar-refractivity contribution in [3.63, 3.8) is 0 Å². The lowest BCUT2D eigenvalue weighted by atomic mass is 10.2. The maximum atomic E-state index is 11.6. The van der Waals surface area contributed by atoms with Crippen LogP contribution in [0.4, 0.5) is 28.7 Å². The molecule has 7 heteroatoms. The number of nitrogens with one attached hydrogen (secondary N) is 2. The number of hydrogen-bond donors (Lipinski definition) is 2. The second kappa shape index (κ2) is 6.96. The summed E-state index contributed by atoms with van der Waals surface area (Å²) >= 11 is 0. The van der Waals surface area contributed by atoms with Gasteiger partial charge in [-0.05, 0) is 43.2 Å². The number of para-hydroxylation sites is 1. The van der Waals surface area contributed by atoms with Gasteiger partial charge in [0.15, 0.2) is 0 Å². The first-order valence-corrected chi connectivity index (χ1v) is 7.70. The van der Waals surface area contributed by atoms with E-state index in [4.69, 9.17) is 0 Å². The predicted octanol–water partition coefficient (Wildman–Crippen LogP) is 4.49. The Bertz CT molecular complexity index is 927. The molecule has 0 radical (unpaired) electrons. The van der Waals surface area contributed by atoms with Gasteiger partial charge in [0.25, 0.3) is 0 Å². The Labute approximate surface area is 144 Å². The lowest BCUT2D eigenvalue weighted by Gasteiger charge is -2.11. The molecule has 2 aromatic carbocycles. The zero-order valence-corrected chi connectivity index (χ0v) is 13.9. The summed E-state index contributed by atoms with van der Waals surface area (Å²) < 4.78 is 0. The van der Waals surface area contributed by atoms with Crippen LogP contribution < -0.4 is 10.6 Å². The molecule has 0 aliphatic heterocycles. The first-order valence-electron chi connectivity index (χ1n) is 7.70. The number of anilines is 4. The van der Waals surface area contributed by atoms with Gasteiger partial charge in [0, 0.05) is 11.4 Å². The van der Waals surface area contributed by atoms with Crippen molar-refractivity contribution in [3.05, 3.63) is 76.1 Å². The molecule has 0 unspecified atom stereocenters. The van der Waals surface area contributed by atoms with E-state index in [1.54, 1.807) is 0 Å². The molecule has 0 bridgehead atoms. The molecule has 0 fully saturated rings. The monoisotopic (exact) mass is 335 g/mol. The van der Waals surface area contributed by atoms with Crippen LogP contribution in [-0.2, 0) is 0 Å². The molecule has 0 aliphatic rings. The van der Waals surface area contributed by atoms with Crippen LogP contribution in [0.5, 0.6) is 0 Å². The number of rotatable bonds is 5. The minimum absolute atomic E-state index is 0.140. The van der Waals surface area contributed by atoms with E-state index in [0.29, 0.717) is 0 Å². The Hall–Kier alpha value is -3.48. The summed E-state index contributed by atoms with van der Waals surface area (Å²) in [5.41, 5.74) is 3.28. The molecule has 0 amide bonds. The third-order valence-electron chi connectivity index (χ3n) is 3.68. The standard InChI is InChI=1S/C18H17N5O2/c1-12-6-5-8-14(10-12)21-17-16(23(24)25)18(20-11-19-17)22-15-9-4-3-7-13(15)2/h3-11H,1-2H3,(H2,19,20,21,22). The molecule has 0 saturated carbocycles. The topological polar surface area (TPSA) is 93.0 Å². The van der Waals surface area contributed by atoms with Crippen molar-refractivity contribution in [1.29, 1.82) is 0 Å². The normalized spacial score (nSPS) is 10.3. The van der Waals surface area contributed by atoms with E-state index in [9.17, 15) is 10.1 Å². The van der Waals surface area contributed by atoms with Gasteiger partial charge in [-0.25, -0.2) is 9.97 Å². The van der Waals surface area contributed by atoms with Crippen LogP contribution in [0.3, 0.4) is 0 Å². The maximum Gasteiger partial charge on any atom is 0.353 e. The molecule has 0 aliphatic carbocycles. The lowest BCUT2D eigenvalue weighted by molar-refractivity contribution is -0.383. The van der Waals surface area contributed by atoms with Crippen molar-refractivity contribution in [3.8, 4) is 0 Å².